The molecule has 3 rings (SSSR count). The van der Waals surface area contributed by atoms with E-state index in [9.17, 15) is 4.79 Å². The number of carbonyl (C=O) groups is 1. The van der Waals surface area contributed by atoms with Gasteiger partial charge in [0, 0.05) is 18.9 Å². The molecule has 0 aromatic carbocycles. The Morgan fingerprint density at radius 2 is 2.26 bits per heavy atom. The minimum absolute atomic E-state index is 0.308. The molecule has 1 saturated heterocycles. The largest absolute Gasteiger partial charge is 0.481 e. The van der Waals surface area contributed by atoms with E-state index in [1.807, 2.05) is 4.68 Å². The standard InChI is InChI=1S/C13H20N4O2/c1-2-16-6-5-9(7-16)12-14-11-4-3-10(13(18)19)8-17(11)15-12/h9-10H,2-8H2,1H3,(H,18,19). The number of nitrogens with zero attached hydrogens (tertiary/aromatic N) is 4. The van der Waals surface area contributed by atoms with E-state index in [0.717, 1.165) is 44.1 Å². The highest BCUT2D eigenvalue weighted by molar-refractivity contribution is 5.70. The SMILES string of the molecule is CCN1CCC(c2nc3n(n2)CC(C(=O)O)CC3)C1. The van der Waals surface area contributed by atoms with E-state index < -0.39 is 5.97 Å². The molecule has 0 spiro atoms. The van der Waals surface area contributed by atoms with Crippen LogP contribution < -0.4 is 0 Å². The molecule has 1 fully saturated rings. The van der Waals surface area contributed by atoms with Crippen LogP contribution in [-0.2, 0) is 17.8 Å². The number of hydrogen-bond acceptors (Lipinski definition) is 4. The number of rotatable bonds is 3. The van der Waals surface area contributed by atoms with Crippen molar-refractivity contribution in [1.29, 1.82) is 0 Å². The number of likely N-dealkylation sites (N-methyl/N-ethyl adjacent to an activating group) is 1. The third-order valence-electron chi connectivity index (χ3n) is 4.31. The number of aliphatic carboxylic acids is 1. The van der Waals surface area contributed by atoms with E-state index in [2.05, 4.69) is 21.9 Å². The third-order valence-corrected chi connectivity index (χ3v) is 4.31. The first-order valence-corrected chi connectivity index (χ1v) is 7.06. The summed E-state index contributed by atoms with van der Waals surface area (Å²) in [6.45, 7) is 5.86. The maximum absolute atomic E-state index is 11.0. The average Bonchev–Trinajstić information content (AvgIpc) is 3.03. The Kier molecular flexibility index (Phi) is 3.26. The highest BCUT2D eigenvalue weighted by Gasteiger charge is 2.30. The molecule has 3 heterocycles. The number of aryl methyl sites for hydroxylation is 1. The molecule has 2 aliphatic heterocycles. The number of likely N-dealkylation sites (tertiary alicyclic amines) is 1. The lowest BCUT2D eigenvalue weighted by atomic mass is 10.0. The zero-order valence-corrected chi connectivity index (χ0v) is 11.2. The molecule has 0 aliphatic carbocycles. The average molecular weight is 264 g/mol. The van der Waals surface area contributed by atoms with Gasteiger partial charge in [-0.15, -0.1) is 0 Å². The highest BCUT2D eigenvalue weighted by atomic mass is 16.4. The molecular formula is C13H20N4O2. The summed E-state index contributed by atoms with van der Waals surface area (Å²) in [7, 11) is 0. The van der Waals surface area contributed by atoms with E-state index in [-0.39, 0.29) is 5.92 Å². The van der Waals surface area contributed by atoms with Crippen LogP contribution in [0.25, 0.3) is 0 Å². The van der Waals surface area contributed by atoms with Gasteiger partial charge in [0.1, 0.15) is 5.82 Å². The molecular weight excluding hydrogens is 244 g/mol. The molecule has 2 aliphatic rings. The molecule has 2 unspecified atom stereocenters. The molecule has 1 N–H and O–H groups in total. The molecule has 0 radical (unpaired) electrons. The minimum Gasteiger partial charge on any atom is -0.481 e. The summed E-state index contributed by atoms with van der Waals surface area (Å²) in [5, 5.41) is 13.6. The molecule has 6 nitrogen and oxygen atoms in total. The number of aromatic nitrogens is 3. The fraction of sp³-hybridized carbons (Fsp3) is 0.769. The van der Waals surface area contributed by atoms with E-state index in [1.165, 1.54) is 0 Å². The van der Waals surface area contributed by atoms with Crippen molar-refractivity contribution >= 4 is 5.97 Å². The van der Waals surface area contributed by atoms with E-state index in [4.69, 9.17) is 5.11 Å². The number of fused-ring (bicyclic) bond motifs is 1. The molecule has 6 heteroatoms. The molecule has 1 aromatic heterocycles. The van der Waals surface area contributed by atoms with Crippen molar-refractivity contribution in [2.24, 2.45) is 5.92 Å². The Morgan fingerprint density at radius 3 is 2.95 bits per heavy atom. The van der Waals surface area contributed by atoms with Crippen molar-refractivity contribution in [1.82, 2.24) is 19.7 Å². The predicted octanol–water partition coefficient (Wildman–Crippen LogP) is 0.734. The zero-order chi connectivity index (χ0) is 13.4. The van der Waals surface area contributed by atoms with Gasteiger partial charge in [0.2, 0.25) is 0 Å². The molecule has 1 aromatic rings. The van der Waals surface area contributed by atoms with Gasteiger partial charge < -0.3 is 10.0 Å². The summed E-state index contributed by atoms with van der Waals surface area (Å²) >= 11 is 0. The summed E-state index contributed by atoms with van der Waals surface area (Å²) in [5.41, 5.74) is 0. The van der Waals surface area contributed by atoms with E-state index in [1.54, 1.807) is 0 Å². The van der Waals surface area contributed by atoms with Crippen molar-refractivity contribution < 1.29 is 9.90 Å². The van der Waals surface area contributed by atoms with E-state index >= 15 is 0 Å². The van der Waals surface area contributed by atoms with Crippen LogP contribution in [-0.4, -0.2) is 50.4 Å². The molecule has 0 saturated carbocycles. The highest BCUT2D eigenvalue weighted by Crippen LogP contribution is 2.27. The lowest BCUT2D eigenvalue weighted by molar-refractivity contribution is -0.142. The summed E-state index contributed by atoms with van der Waals surface area (Å²) in [5.74, 6) is 1.26. The Morgan fingerprint density at radius 1 is 1.42 bits per heavy atom. The Hall–Kier alpha value is -1.43. The van der Waals surface area contributed by atoms with Crippen LogP contribution in [0.2, 0.25) is 0 Å². The zero-order valence-electron chi connectivity index (χ0n) is 11.2. The molecule has 104 valence electrons. The number of hydrogen-bond donors (Lipinski definition) is 1. The molecule has 0 amide bonds. The van der Waals surface area contributed by atoms with Crippen molar-refractivity contribution in [2.45, 2.75) is 38.6 Å². The van der Waals surface area contributed by atoms with Crippen LogP contribution in [0, 0.1) is 5.92 Å². The Labute approximate surface area is 112 Å². The van der Waals surface area contributed by atoms with Gasteiger partial charge in [-0.2, -0.15) is 5.10 Å². The first-order chi connectivity index (χ1) is 9.17. The van der Waals surface area contributed by atoms with Crippen molar-refractivity contribution in [3.63, 3.8) is 0 Å². The quantitative estimate of drug-likeness (QED) is 0.871. The van der Waals surface area contributed by atoms with Gasteiger partial charge in [-0.05, 0) is 25.9 Å². The molecule has 2 atom stereocenters. The fourth-order valence-corrected chi connectivity index (χ4v) is 3.03. The lowest BCUT2D eigenvalue weighted by Crippen LogP contribution is -2.27. The van der Waals surface area contributed by atoms with Gasteiger partial charge in [-0.1, -0.05) is 6.92 Å². The van der Waals surface area contributed by atoms with E-state index in [0.29, 0.717) is 18.9 Å². The molecule has 19 heavy (non-hydrogen) atoms. The van der Waals surface area contributed by atoms with Gasteiger partial charge >= 0.3 is 5.97 Å². The van der Waals surface area contributed by atoms with Gasteiger partial charge in [0.15, 0.2) is 5.82 Å². The van der Waals surface area contributed by atoms with Crippen molar-refractivity contribution in [3.05, 3.63) is 11.6 Å². The van der Waals surface area contributed by atoms with Gasteiger partial charge in [0.05, 0.1) is 12.5 Å². The second-order valence-electron chi connectivity index (χ2n) is 5.52. The monoisotopic (exact) mass is 264 g/mol. The lowest BCUT2D eigenvalue weighted by Gasteiger charge is -2.18. The van der Waals surface area contributed by atoms with Crippen molar-refractivity contribution in [2.75, 3.05) is 19.6 Å². The fourth-order valence-electron chi connectivity index (χ4n) is 3.03. The van der Waals surface area contributed by atoms with Crippen LogP contribution in [0.1, 0.15) is 37.3 Å². The summed E-state index contributed by atoms with van der Waals surface area (Å²) in [6, 6.07) is 0. The second-order valence-corrected chi connectivity index (χ2v) is 5.52. The van der Waals surface area contributed by atoms with Crippen LogP contribution >= 0.6 is 0 Å². The van der Waals surface area contributed by atoms with Crippen LogP contribution in [0.3, 0.4) is 0 Å². The van der Waals surface area contributed by atoms with Gasteiger partial charge in [-0.3, -0.25) is 4.79 Å². The normalized spacial score (nSPS) is 27.4. The molecule has 0 bridgehead atoms. The first kappa shape index (κ1) is 12.6. The smallest absolute Gasteiger partial charge is 0.308 e. The maximum atomic E-state index is 11.0. The van der Waals surface area contributed by atoms with Gasteiger partial charge in [-0.25, -0.2) is 9.67 Å². The van der Waals surface area contributed by atoms with Gasteiger partial charge in [0.25, 0.3) is 0 Å². The third kappa shape index (κ3) is 2.36. The summed E-state index contributed by atoms with van der Waals surface area (Å²) < 4.78 is 1.81. The topological polar surface area (TPSA) is 71.2 Å². The number of carboxylic acids is 1. The Bertz CT molecular complexity index is 485. The van der Waals surface area contributed by atoms with Crippen LogP contribution in [0.5, 0.6) is 0 Å². The Balaban J connectivity index is 1.75. The predicted molar refractivity (Wildman–Crippen MR) is 68.9 cm³/mol. The first-order valence-electron chi connectivity index (χ1n) is 7.06. The summed E-state index contributed by atoms with van der Waals surface area (Å²) in [6.07, 6.45) is 2.52. The summed E-state index contributed by atoms with van der Waals surface area (Å²) in [4.78, 5) is 18.1. The van der Waals surface area contributed by atoms with Crippen LogP contribution in [0.4, 0.5) is 0 Å². The van der Waals surface area contributed by atoms with Crippen molar-refractivity contribution in [3.8, 4) is 0 Å². The maximum Gasteiger partial charge on any atom is 0.308 e. The number of carboxylic acid groups (broad SMARTS) is 1. The van der Waals surface area contributed by atoms with Crippen LogP contribution in [0.15, 0.2) is 0 Å². The second kappa shape index (κ2) is 4.92. The minimum atomic E-state index is -0.722.